The Hall–Kier alpha value is -3.62. The van der Waals surface area contributed by atoms with Crippen molar-refractivity contribution in [2.75, 3.05) is 19.7 Å². The molecule has 0 N–H and O–H groups in total. The van der Waals surface area contributed by atoms with Gasteiger partial charge in [0.1, 0.15) is 34.5 Å². The molecular formula is C31H37BrFN7O5. The molecule has 6 rings (SSSR count). The highest BCUT2D eigenvalue weighted by Crippen LogP contribution is 2.39. The molecule has 2 saturated heterocycles. The van der Waals surface area contributed by atoms with Crippen LogP contribution in [0.5, 0.6) is 5.75 Å². The van der Waals surface area contributed by atoms with Crippen molar-refractivity contribution in [2.45, 2.75) is 84.0 Å². The monoisotopic (exact) mass is 685 g/mol. The van der Waals surface area contributed by atoms with E-state index in [1.165, 1.54) is 6.07 Å². The Balaban J connectivity index is 1.29. The lowest BCUT2D eigenvalue weighted by molar-refractivity contribution is -0.149. The third-order valence-corrected chi connectivity index (χ3v) is 8.44. The van der Waals surface area contributed by atoms with Gasteiger partial charge in [-0.25, -0.2) is 18.4 Å². The van der Waals surface area contributed by atoms with E-state index in [9.17, 15) is 9.18 Å². The first-order valence-electron chi connectivity index (χ1n) is 14.9. The highest BCUT2D eigenvalue weighted by Gasteiger charge is 2.40. The predicted octanol–water partition coefficient (Wildman–Crippen LogP) is 6.04. The number of carbonyl (C=O) groups excluding carboxylic acids is 1. The quantitative estimate of drug-likeness (QED) is 0.239. The molecule has 6 heterocycles. The zero-order chi connectivity index (χ0) is 32.1. The van der Waals surface area contributed by atoms with Crippen LogP contribution in [0.15, 0.2) is 41.3 Å². The highest BCUT2D eigenvalue weighted by atomic mass is 79.9. The van der Waals surface area contributed by atoms with Crippen LogP contribution in [-0.2, 0) is 14.2 Å². The number of ether oxygens (including phenoxy) is 4. The van der Waals surface area contributed by atoms with Gasteiger partial charge in [-0.15, -0.1) is 5.10 Å². The van der Waals surface area contributed by atoms with Crippen molar-refractivity contribution in [3.63, 3.8) is 0 Å². The Kier molecular flexibility index (Phi) is 8.33. The molecule has 0 bridgehead atoms. The van der Waals surface area contributed by atoms with Crippen molar-refractivity contribution in [3.8, 4) is 17.0 Å². The maximum atomic E-state index is 13.8. The van der Waals surface area contributed by atoms with E-state index in [0.717, 1.165) is 34.8 Å². The number of likely N-dealkylation sites (tertiary alicyclic amines) is 1. The van der Waals surface area contributed by atoms with Crippen molar-refractivity contribution in [1.29, 1.82) is 0 Å². The van der Waals surface area contributed by atoms with Crippen LogP contribution < -0.4 is 4.74 Å². The van der Waals surface area contributed by atoms with Crippen LogP contribution in [0, 0.1) is 12.7 Å². The molecule has 2 aliphatic rings. The number of hydrogen-bond donors (Lipinski definition) is 0. The van der Waals surface area contributed by atoms with Crippen LogP contribution in [0.2, 0.25) is 0 Å². The van der Waals surface area contributed by atoms with Gasteiger partial charge in [-0.1, -0.05) is 5.21 Å². The Bertz CT molecular complexity index is 1690. The largest absolute Gasteiger partial charge is 0.479 e. The van der Waals surface area contributed by atoms with Crippen molar-refractivity contribution in [2.24, 2.45) is 0 Å². The highest BCUT2D eigenvalue weighted by molar-refractivity contribution is 9.10. The fraction of sp³-hybridized carbons (Fsp3) is 0.516. The molecule has 2 aliphatic heterocycles. The van der Waals surface area contributed by atoms with Crippen molar-refractivity contribution < 1.29 is 28.1 Å². The molecule has 4 aromatic rings. The molecule has 12 nitrogen and oxygen atoms in total. The van der Waals surface area contributed by atoms with E-state index in [1.54, 1.807) is 21.7 Å². The number of aromatic nitrogens is 6. The van der Waals surface area contributed by atoms with E-state index < -0.39 is 29.4 Å². The van der Waals surface area contributed by atoms with Gasteiger partial charge >= 0.3 is 6.09 Å². The molecule has 2 atom stereocenters. The first kappa shape index (κ1) is 31.4. The van der Waals surface area contributed by atoms with Gasteiger partial charge in [0.15, 0.2) is 11.9 Å². The minimum Gasteiger partial charge on any atom is -0.479 e. The van der Waals surface area contributed by atoms with Gasteiger partial charge in [-0.05, 0) is 88.5 Å². The summed E-state index contributed by atoms with van der Waals surface area (Å²) >= 11 is 3.60. The van der Waals surface area contributed by atoms with Crippen LogP contribution in [0.1, 0.15) is 71.0 Å². The van der Waals surface area contributed by atoms with Crippen molar-refractivity contribution in [1.82, 2.24) is 34.5 Å². The van der Waals surface area contributed by atoms with Gasteiger partial charge in [-0.3, -0.25) is 4.98 Å². The first-order valence-corrected chi connectivity index (χ1v) is 15.7. The number of pyridine rings is 2. The fourth-order valence-electron chi connectivity index (χ4n) is 5.73. The van der Waals surface area contributed by atoms with Gasteiger partial charge in [-0.2, -0.15) is 5.10 Å². The van der Waals surface area contributed by atoms with Crippen LogP contribution in [0.25, 0.3) is 16.8 Å². The van der Waals surface area contributed by atoms with Gasteiger partial charge in [0.2, 0.25) is 0 Å². The smallest absolute Gasteiger partial charge is 0.410 e. The molecular weight excluding hydrogens is 649 g/mol. The molecule has 0 spiro atoms. The number of piperidine rings is 1. The van der Waals surface area contributed by atoms with Crippen LogP contribution in [-0.4, -0.2) is 77.8 Å². The molecule has 0 saturated carbocycles. The molecule has 1 unspecified atom stereocenters. The van der Waals surface area contributed by atoms with Crippen LogP contribution in [0.4, 0.5) is 9.18 Å². The average molecular weight is 687 g/mol. The van der Waals surface area contributed by atoms with Gasteiger partial charge < -0.3 is 23.8 Å². The Labute approximate surface area is 268 Å². The fourth-order valence-corrected chi connectivity index (χ4v) is 6.19. The molecule has 4 aromatic heterocycles. The number of fused-ring (bicyclic) bond motifs is 1. The second-order valence-corrected chi connectivity index (χ2v) is 13.7. The SMILES string of the molecule is Cc1c(-c2cc(OC(c3ccc(F)cn3)[C@H]3COC(C)(C)O3)c3c(Br)cnn3c2)nnn1C1CCN(C(=O)OC(C)(C)C)CC1. The number of halogens is 2. The Morgan fingerprint density at radius 1 is 1.20 bits per heavy atom. The Morgan fingerprint density at radius 3 is 2.60 bits per heavy atom. The molecule has 240 valence electrons. The second kappa shape index (κ2) is 12.0. The van der Waals surface area contributed by atoms with Gasteiger partial charge in [0.05, 0.1) is 40.9 Å². The summed E-state index contributed by atoms with van der Waals surface area (Å²) in [5, 5.41) is 13.6. The molecule has 14 heteroatoms. The lowest BCUT2D eigenvalue weighted by Gasteiger charge is -2.33. The average Bonchev–Trinajstić information content (AvgIpc) is 3.67. The van der Waals surface area contributed by atoms with E-state index in [4.69, 9.17) is 18.9 Å². The zero-order valence-corrected chi connectivity index (χ0v) is 27.7. The van der Waals surface area contributed by atoms with E-state index in [-0.39, 0.29) is 18.7 Å². The van der Waals surface area contributed by atoms with Gasteiger partial charge in [0.25, 0.3) is 0 Å². The number of rotatable bonds is 6. The van der Waals surface area contributed by atoms with Crippen LogP contribution >= 0.6 is 15.9 Å². The minimum absolute atomic E-state index is 0.0834. The van der Waals surface area contributed by atoms with Crippen molar-refractivity contribution >= 4 is 27.5 Å². The second-order valence-electron chi connectivity index (χ2n) is 12.9. The summed E-state index contributed by atoms with van der Waals surface area (Å²) in [5.74, 6) is -0.751. The predicted molar refractivity (Wildman–Crippen MR) is 165 cm³/mol. The molecule has 1 amide bonds. The van der Waals surface area contributed by atoms with E-state index >= 15 is 0 Å². The molecule has 0 radical (unpaired) electrons. The number of hydrogen-bond acceptors (Lipinski definition) is 9. The molecule has 0 aromatic carbocycles. The number of nitrogens with zero attached hydrogens (tertiary/aromatic N) is 7. The number of amides is 1. The maximum absolute atomic E-state index is 13.8. The first-order chi connectivity index (χ1) is 21.3. The van der Waals surface area contributed by atoms with E-state index in [2.05, 4.69) is 36.3 Å². The third kappa shape index (κ3) is 6.68. The minimum atomic E-state index is -0.806. The molecule has 45 heavy (non-hydrogen) atoms. The van der Waals surface area contributed by atoms with Gasteiger partial charge in [0, 0.05) is 24.8 Å². The number of carbonyl (C=O) groups is 1. The lowest BCUT2D eigenvalue weighted by atomic mass is 10.0. The maximum Gasteiger partial charge on any atom is 0.410 e. The summed E-state index contributed by atoms with van der Waals surface area (Å²) in [7, 11) is 0. The summed E-state index contributed by atoms with van der Waals surface area (Å²) in [5.41, 5.74) is 2.97. The lowest BCUT2D eigenvalue weighted by Crippen LogP contribution is -2.42. The summed E-state index contributed by atoms with van der Waals surface area (Å²) in [6.07, 6.45) is 4.68. The molecule has 0 aliphatic carbocycles. The van der Waals surface area contributed by atoms with E-state index in [0.29, 0.717) is 35.7 Å². The summed E-state index contributed by atoms with van der Waals surface area (Å²) in [6, 6.07) is 4.91. The Morgan fingerprint density at radius 2 is 1.96 bits per heavy atom. The summed E-state index contributed by atoms with van der Waals surface area (Å²) in [6.45, 7) is 12.7. The summed E-state index contributed by atoms with van der Waals surface area (Å²) in [4.78, 5) is 18.6. The standard InChI is InChI=1S/C31H37BrFN7O5/c1-18-26(36-37-40(18)21-9-11-38(12-10-21)29(41)45-30(2,3)4)19-13-24(27-22(32)15-35-39(27)16-19)43-28(23-8-7-20(33)14-34-23)25-17-42-31(5,6)44-25/h7-8,13-16,21,25,28H,9-12,17H2,1-6H3/t25-,28?/m1/s1. The summed E-state index contributed by atoms with van der Waals surface area (Å²) < 4.78 is 42.4. The topological polar surface area (TPSA) is 118 Å². The van der Waals surface area contributed by atoms with E-state index in [1.807, 2.05) is 58.5 Å². The van der Waals surface area contributed by atoms with Crippen LogP contribution in [0.3, 0.4) is 0 Å². The molecule has 2 fully saturated rings. The third-order valence-electron chi connectivity index (χ3n) is 7.86. The normalized spacial score (nSPS) is 19.6. The zero-order valence-electron chi connectivity index (χ0n) is 26.2. The van der Waals surface area contributed by atoms with Crippen molar-refractivity contribution in [3.05, 3.63) is 58.5 Å².